The van der Waals surface area contributed by atoms with Gasteiger partial charge < -0.3 is 4.57 Å². The molecule has 19 heavy (non-hydrogen) atoms. The molecule has 6 heteroatoms. The van der Waals surface area contributed by atoms with E-state index in [9.17, 15) is 18.0 Å². The fraction of sp³-hybridized carbons (Fsp3) is 0.231. The third-order valence-corrected chi connectivity index (χ3v) is 2.87. The minimum atomic E-state index is -4.49. The lowest BCUT2D eigenvalue weighted by Crippen LogP contribution is -2.13. The predicted molar refractivity (Wildman–Crippen MR) is 63.6 cm³/mol. The third-order valence-electron chi connectivity index (χ3n) is 2.87. The summed E-state index contributed by atoms with van der Waals surface area (Å²) >= 11 is 0. The van der Waals surface area contributed by atoms with Crippen molar-refractivity contribution in [2.45, 2.75) is 19.6 Å². The summed E-state index contributed by atoms with van der Waals surface area (Å²) in [5.41, 5.74) is -0.476. The first-order valence-corrected chi connectivity index (χ1v) is 5.43. The molecule has 0 aliphatic rings. The summed E-state index contributed by atoms with van der Waals surface area (Å²) in [6, 6.07) is 6.12. The van der Waals surface area contributed by atoms with Gasteiger partial charge in [0.05, 0.1) is 17.1 Å². The van der Waals surface area contributed by atoms with Gasteiger partial charge in [0.25, 0.3) is 0 Å². The highest BCUT2D eigenvalue weighted by atomic mass is 19.4. The Bertz CT molecular complexity index is 738. The van der Waals surface area contributed by atoms with Gasteiger partial charge in [0, 0.05) is 17.1 Å². The summed E-state index contributed by atoms with van der Waals surface area (Å²) in [6.07, 6.45) is -4.49. The van der Waals surface area contributed by atoms with E-state index in [1.807, 2.05) is 6.07 Å². The van der Waals surface area contributed by atoms with E-state index in [0.717, 1.165) is 12.1 Å². The van der Waals surface area contributed by atoms with Gasteiger partial charge in [-0.3, -0.25) is 4.79 Å². The number of halogens is 3. The fourth-order valence-corrected chi connectivity index (χ4v) is 1.96. The van der Waals surface area contributed by atoms with Crippen molar-refractivity contribution in [2.75, 3.05) is 0 Å². The standard InChI is InChI=1S/C13H9F3N2O/c1-8-6-12(19)10-7-9(13(14,15)16)2-3-11(10)18(8)5-4-17/h2-3,6-7H,5H2,1H3. The van der Waals surface area contributed by atoms with Crippen LogP contribution in [0.4, 0.5) is 13.2 Å². The Morgan fingerprint density at radius 2 is 2.00 bits per heavy atom. The number of pyridine rings is 1. The lowest BCUT2D eigenvalue weighted by atomic mass is 10.1. The van der Waals surface area contributed by atoms with E-state index in [1.165, 1.54) is 16.7 Å². The lowest BCUT2D eigenvalue weighted by Gasteiger charge is -2.13. The van der Waals surface area contributed by atoms with E-state index >= 15 is 0 Å². The Kier molecular flexibility index (Phi) is 3.06. The Morgan fingerprint density at radius 1 is 1.32 bits per heavy atom. The predicted octanol–water partition coefficient (Wildman–Crippen LogP) is 2.85. The normalized spacial score (nSPS) is 11.5. The van der Waals surface area contributed by atoms with Gasteiger partial charge in [-0.1, -0.05) is 0 Å². The largest absolute Gasteiger partial charge is 0.416 e. The Labute approximate surface area is 106 Å². The fourth-order valence-electron chi connectivity index (χ4n) is 1.96. The molecule has 2 rings (SSSR count). The maximum atomic E-state index is 12.6. The first-order valence-electron chi connectivity index (χ1n) is 5.43. The number of hydrogen-bond donors (Lipinski definition) is 0. The van der Waals surface area contributed by atoms with Crippen LogP contribution in [0.15, 0.2) is 29.1 Å². The van der Waals surface area contributed by atoms with Crippen LogP contribution in [0, 0.1) is 18.3 Å². The highest BCUT2D eigenvalue weighted by Gasteiger charge is 2.30. The van der Waals surface area contributed by atoms with Gasteiger partial charge in [0.15, 0.2) is 5.43 Å². The second-order valence-corrected chi connectivity index (χ2v) is 4.12. The molecule has 0 saturated heterocycles. The summed E-state index contributed by atoms with van der Waals surface area (Å²) < 4.78 is 39.4. The van der Waals surface area contributed by atoms with Gasteiger partial charge in [-0.05, 0) is 25.1 Å². The number of aromatic nitrogens is 1. The number of nitrogens with zero attached hydrogens (tertiary/aromatic N) is 2. The van der Waals surface area contributed by atoms with Crippen LogP contribution in [-0.2, 0) is 12.7 Å². The molecule has 0 bridgehead atoms. The molecular formula is C13H9F3N2O. The highest BCUT2D eigenvalue weighted by Crippen LogP contribution is 2.30. The number of hydrogen-bond acceptors (Lipinski definition) is 2. The van der Waals surface area contributed by atoms with E-state index in [4.69, 9.17) is 5.26 Å². The molecule has 1 aromatic heterocycles. The second kappa shape index (κ2) is 4.43. The minimum Gasteiger partial charge on any atom is -0.331 e. The third kappa shape index (κ3) is 2.32. The molecule has 0 fully saturated rings. The zero-order chi connectivity index (χ0) is 14.2. The van der Waals surface area contributed by atoms with Crippen molar-refractivity contribution in [1.29, 1.82) is 5.26 Å². The summed E-state index contributed by atoms with van der Waals surface area (Å²) in [7, 11) is 0. The van der Waals surface area contributed by atoms with E-state index in [2.05, 4.69) is 0 Å². The summed E-state index contributed by atoms with van der Waals surface area (Å²) in [5, 5.41) is 8.70. The Balaban J connectivity index is 2.82. The van der Waals surface area contributed by atoms with Crippen LogP contribution in [0.5, 0.6) is 0 Å². The Hall–Kier alpha value is -2.29. The van der Waals surface area contributed by atoms with Gasteiger partial charge in [0.1, 0.15) is 6.54 Å². The molecule has 1 aromatic carbocycles. The molecule has 98 valence electrons. The van der Waals surface area contributed by atoms with E-state index in [0.29, 0.717) is 11.2 Å². The van der Waals surface area contributed by atoms with Crippen LogP contribution in [0.1, 0.15) is 11.3 Å². The Morgan fingerprint density at radius 3 is 2.58 bits per heavy atom. The molecule has 0 radical (unpaired) electrons. The average molecular weight is 266 g/mol. The van der Waals surface area contributed by atoms with Crippen molar-refractivity contribution in [3.8, 4) is 6.07 Å². The van der Waals surface area contributed by atoms with Gasteiger partial charge in [-0.25, -0.2) is 0 Å². The molecule has 0 atom stereocenters. The van der Waals surface area contributed by atoms with Crippen LogP contribution in [0.2, 0.25) is 0 Å². The molecular weight excluding hydrogens is 257 g/mol. The number of alkyl halides is 3. The summed E-state index contributed by atoms with van der Waals surface area (Å²) in [5.74, 6) is 0. The molecule has 0 saturated carbocycles. The number of benzene rings is 1. The number of nitriles is 1. The lowest BCUT2D eigenvalue weighted by molar-refractivity contribution is -0.137. The van der Waals surface area contributed by atoms with Crippen LogP contribution < -0.4 is 5.43 Å². The molecule has 2 aromatic rings. The number of rotatable bonds is 1. The molecule has 0 spiro atoms. The first kappa shape index (κ1) is 13.1. The molecule has 0 amide bonds. The monoisotopic (exact) mass is 266 g/mol. The quantitative estimate of drug-likeness (QED) is 0.796. The smallest absolute Gasteiger partial charge is 0.331 e. The van der Waals surface area contributed by atoms with Crippen molar-refractivity contribution in [3.63, 3.8) is 0 Å². The maximum absolute atomic E-state index is 12.6. The zero-order valence-corrected chi connectivity index (χ0v) is 9.95. The molecule has 0 N–H and O–H groups in total. The van der Waals surface area contributed by atoms with Gasteiger partial charge >= 0.3 is 6.18 Å². The van der Waals surface area contributed by atoms with Crippen LogP contribution in [0.25, 0.3) is 10.9 Å². The van der Waals surface area contributed by atoms with Gasteiger partial charge in [-0.15, -0.1) is 0 Å². The molecule has 3 nitrogen and oxygen atoms in total. The highest BCUT2D eigenvalue weighted by molar-refractivity contribution is 5.80. The van der Waals surface area contributed by atoms with E-state index in [1.54, 1.807) is 6.92 Å². The van der Waals surface area contributed by atoms with Crippen LogP contribution in [0.3, 0.4) is 0 Å². The molecule has 0 aliphatic heterocycles. The molecule has 1 heterocycles. The zero-order valence-electron chi connectivity index (χ0n) is 9.95. The van der Waals surface area contributed by atoms with Crippen molar-refractivity contribution in [2.24, 2.45) is 0 Å². The topological polar surface area (TPSA) is 45.8 Å². The number of aryl methyl sites for hydroxylation is 1. The maximum Gasteiger partial charge on any atom is 0.416 e. The second-order valence-electron chi connectivity index (χ2n) is 4.12. The van der Waals surface area contributed by atoms with Crippen molar-refractivity contribution < 1.29 is 13.2 Å². The summed E-state index contributed by atoms with van der Waals surface area (Å²) in [6.45, 7) is 1.61. The average Bonchev–Trinajstić information content (AvgIpc) is 2.32. The van der Waals surface area contributed by atoms with E-state index < -0.39 is 17.2 Å². The van der Waals surface area contributed by atoms with E-state index in [-0.39, 0.29) is 11.9 Å². The van der Waals surface area contributed by atoms with Crippen molar-refractivity contribution >= 4 is 10.9 Å². The SMILES string of the molecule is Cc1cc(=O)c2cc(C(F)(F)F)ccc2n1CC#N. The number of fused-ring (bicyclic) bond motifs is 1. The van der Waals surface area contributed by atoms with Crippen molar-refractivity contribution in [1.82, 2.24) is 4.57 Å². The van der Waals surface area contributed by atoms with Crippen LogP contribution in [-0.4, -0.2) is 4.57 Å². The summed E-state index contributed by atoms with van der Waals surface area (Å²) in [4.78, 5) is 11.8. The van der Waals surface area contributed by atoms with Crippen LogP contribution >= 0.6 is 0 Å². The van der Waals surface area contributed by atoms with Gasteiger partial charge in [0.2, 0.25) is 0 Å². The molecule has 0 unspecified atom stereocenters. The molecule has 0 aliphatic carbocycles. The first-order chi connectivity index (χ1) is 8.84. The van der Waals surface area contributed by atoms with Crippen molar-refractivity contribution in [3.05, 3.63) is 45.7 Å². The van der Waals surface area contributed by atoms with Gasteiger partial charge in [-0.2, -0.15) is 18.4 Å². The minimum absolute atomic E-state index is 0.0199.